The molecule has 3 N–H and O–H groups in total. The third-order valence-electron chi connectivity index (χ3n) is 3.57. The van der Waals surface area contributed by atoms with Crippen LogP contribution in [0.5, 0.6) is 0 Å². The largest absolute Gasteiger partial charge is 0.416 e. The van der Waals surface area contributed by atoms with Gasteiger partial charge in [0.25, 0.3) is 0 Å². The number of primary amides is 1. The minimum Gasteiger partial charge on any atom is -0.368 e. The Morgan fingerprint density at radius 2 is 1.61 bits per heavy atom. The number of hydrogen-bond donors (Lipinski definition) is 2. The van der Waals surface area contributed by atoms with Crippen LogP contribution in [-0.4, -0.2) is 5.91 Å². The van der Waals surface area contributed by atoms with Crippen LogP contribution < -0.4 is 11.1 Å². The molecule has 23 heavy (non-hydrogen) atoms. The van der Waals surface area contributed by atoms with Gasteiger partial charge in [0.15, 0.2) is 0 Å². The summed E-state index contributed by atoms with van der Waals surface area (Å²) in [6, 6.07) is 12.4. The number of amides is 1. The van der Waals surface area contributed by atoms with Crippen molar-refractivity contribution in [2.75, 3.05) is 0 Å². The first-order chi connectivity index (χ1) is 10.8. The molecule has 0 aliphatic heterocycles. The highest BCUT2D eigenvalue weighted by atomic mass is 19.4. The molecule has 2 rings (SSSR count). The summed E-state index contributed by atoms with van der Waals surface area (Å²) in [7, 11) is 0. The minimum absolute atomic E-state index is 0.0715. The Bertz CT molecular complexity index is 671. The molecular formula is C17H17F3N2O. The molecule has 2 atom stereocenters. The average Bonchev–Trinajstić information content (AvgIpc) is 2.52. The van der Waals surface area contributed by atoms with Crippen molar-refractivity contribution < 1.29 is 18.0 Å². The quantitative estimate of drug-likeness (QED) is 0.884. The van der Waals surface area contributed by atoms with E-state index in [0.717, 1.165) is 6.07 Å². The van der Waals surface area contributed by atoms with E-state index in [4.69, 9.17) is 5.73 Å². The van der Waals surface area contributed by atoms with E-state index in [2.05, 4.69) is 5.32 Å². The summed E-state index contributed by atoms with van der Waals surface area (Å²) >= 11 is 0. The lowest BCUT2D eigenvalue weighted by Crippen LogP contribution is -2.35. The molecule has 0 unspecified atom stereocenters. The van der Waals surface area contributed by atoms with E-state index in [1.54, 1.807) is 37.3 Å². The van der Waals surface area contributed by atoms with Gasteiger partial charge >= 0.3 is 6.18 Å². The second-order valence-electron chi connectivity index (χ2n) is 5.22. The zero-order valence-electron chi connectivity index (χ0n) is 12.5. The molecule has 0 saturated heterocycles. The fraction of sp³-hybridized carbons (Fsp3) is 0.235. The van der Waals surface area contributed by atoms with Crippen molar-refractivity contribution in [1.82, 2.24) is 5.32 Å². The zero-order valence-corrected chi connectivity index (χ0v) is 12.5. The predicted molar refractivity (Wildman–Crippen MR) is 81.4 cm³/mol. The topological polar surface area (TPSA) is 55.1 Å². The van der Waals surface area contributed by atoms with Crippen molar-refractivity contribution in [2.24, 2.45) is 5.73 Å². The SMILES string of the molecule is C[C@H](N[C@@H](C(N)=O)c1ccccc1)c1ccccc1C(F)(F)F. The molecule has 0 radical (unpaired) electrons. The summed E-state index contributed by atoms with van der Waals surface area (Å²) in [5, 5.41) is 2.89. The summed E-state index contributed by atoms with van der Waals surface area (Å²) in [5.41, 5.74) is 5.35. The van der Waals surface area contributed by atoms with E-state index in [0.29, 0.717) is 5.56 Å². The van der Waals surface area contributed by atoms with Crippen LogP contribution in [0.4, 0.5) is 13.2 Å². The second kappa shape index (κ2) is 6.83. The fourth-order valence-electron chi connectivity index (χ4n) is 2.46. The first-order valence-corrected chi connectivity index (χ1v) is 7.07. The van der Waals surface area contributed by atoms with Crippen LogP contribution in [0.25, 0.3) is 0 Å². The van der Waals surface area contributed by atoms with E-state index < -0.39 is 29.7 Å². The number of hydrogen-bond acceptors (Lipinski definition) is 2. The predicted octanol–water partition coefficient (Wildman–Crippen LogP) is 3.58. The number of nitrogens with two attached hydrogens (primary N) is 1. The van der Waals surface area contributed by atoms with Gasteiger partial charge in [-0.15, -0.1) is 0 Å². The Labute approximate surface area is 132 Å². The third kappa shape index (κ3) is 4.10. The van der Waals surface area contributed by atoms with Crippen LogP contribution in [0.3, 0.4) is 0 Å². The van der Waals surface area contributed by atoms with E-state index in [1.165, 1.54) is 18.2 Å². The minimum atomic E-state index is -4.46. The molecule has 2 aromatic carbocycles. The lowest BCUT2D eigenvalue weighted by atomic mass is 9.98. The summed E-state index contributed by atoms with van der Waals surface area (Å²) in [4.78, 5) is 11.7. The number of carbonyl (C=O) groups excluding carboxylic acids is 1. The van der Waals surface area contributed by atoms with Gasteiger partial charge in [-0.25, -0.2) is 0 Å². The van der Waals surface area contributed by atoms with Crippen LogP contribution >= 0.6 is 0 Å². The molecule has 0 bridgehead atoms. The molecule has 0 spiro atoms. The lowest BCUT2D eigenvalue weighted by molar-refractivity contribution is -0.138. The standard InChI is InChI=1S/C17H17F3N2O/c1-11(13-9-5-6-10-14(13)17(18,19)20)22-15(16(21)23)12-7-3-2-4-8-12/h2-11,15,22H,1H3,(H2,21,23)/t11-,15+/m0/s1. The van der Waals surface area contributed by atoms with Crippen LogP contribution in [0.15, 0.2) is 54.6 Å². The van der Waals surface area contributed by atoms with Crippen molar-refractivity contribution in [3.63, 3.8) is 0 Å². The van der Waals surface area contributed by atoms with Gasteiger partial charge in [0.05, 0.1) is 5.56 Å². The van der Waals surface area contributed by atoms with Crippen molar-refractivity contribution in [3.05, 3.63) is 71.3 Å². The van der Waals surface area contributed by atoms with Crippen LogP contribution in [-0.2, 0) is 11.0 Å². The van der Waals surface area contributed by atoms with Crippen LogP contribution in [0.2, 0.25) is 0 Å². The second-order valence-corrected chi connectivity index (χ2v) is 5.22. The van der Waals surface area contributed by atoms with Crippen LogP contribution in [0.1, 0.15) is 35.7 Å². The molecule has 2 aromatic rings. The Balaban J connectivity index is 2.31. The number of benzene rings is 2. The normalized spacial score (nSPS) is 14.3. The number of halogens is 3. The molecular weight excluding hydrogens is 305 g/mol. The molecule has 0 aromatic heterocycles. The first kappa shape index (κ1) is 17.0. The van der Waals surface area contributed by atoms with Gasteiger partial charge in [0.2, 0.25) is 5.91 Å². The van der Waals surface area contributed by atoms with Crippen molar-refractivity contribution in [1.29, 1.82) is 0 Å². The Morgan fingerprint density at radius 1 is 1.04 bits per heavy atom. The Morgan fingerprint density at radius 3 is 2.17 bits per heavy atom. The van der Waals surface area contributed by atoms with Gasteiger partial charge in [-0.3, -0.25) is 10.1 Å². The Hall–Kier alpha value is -2.34. The maximum Gasteiger partial charge on any atom is 0.416 e. The average molecular weight is 322 g/mol. The molecule has 122 valence electrons. The highest BCUT2D eigenvalue weighted by molar-refractivity contribution is 5.81. The van der Waals surface area contributed by atoms with E-state index >= 15 is 0 Å². The van der Waals surface area contributed by atoms with Crippen molar-refractivity contribution in [3.8, 4) is 0 Å². The summed E-state index contributed by atoms with van der Waals surface area (Å²) in [5.74, 6) is -0.646. The zero-order chi connectivity index (χ0) is 17.0. The number of rotatable bonds is 5. The lowest BCUT2D eigenvalue weighted by Gasteiger charge is -2.24. The molecule has 0 aliphatic carbocycles. The smallest absolute Gasteiger partial charge is 0.368 e. The van der Waals surface area contributed by atoms with Gasteiger partial charge in [-0.05, 0) is 24.1 Å². The number of nitrogens with one attached hydrogen (secondary N) is 1. The van der Waals surface area contributed by atoms with Crippen LogP contribution in [0, 0.1) is 0 Å². The van der Waals surface area contributed by atoms with Gasteiger partial charge in [0, 0.05) is 6.04 Å². The number of carbonyl (C=O) groups is 1. The van der Waals surface area contributed by atoms with Gasteiger partial charge in [-0.2, -0.15) is 13.2 Å². The van der Waals surface area contributed by atoms with E-state index in [-0.39, 0.29) is 5.56 Å². The highest BCUT2D eigenvalue weighted by Crippen LogP contribution is 2.35. The van der Waals surface area contributed by atoms with Gasteiger partial charge in [-0.1, -0.05) is 48.5 Å². The molecule has 0 aliphatic rings. The third-order valence-corrected chi connectivity index (χ3v) is 3.57. The van der Waals surface area contributed by atoms with Gasteiger partial charge < -0.3 is 5.73 Å². The highest BCUT2D eigenvalue weighted by Gasteiger charge is 2.34. The number of alkyl halides is 3. The molecule has 0 heterocycles. The summed E-state index contributed by atoms with van der Waals surface area (Å²) in [6.45, 7) is 1.57. The molecule has 0 fully saturated rings. The van der Waals surface area contributed by atoms with Crippen molar-refractivity contribution in [2.45, 2.75) is 25.2 Å². The molecule has 0 saturated carbocycles. The van der Waals surface area contributed by atoms with E-state index in [1.807, 2.05) is 0 Å². The summed E-state index contributed by atoms with van der Waals surface area (Å²) < 4.78 is 39.3. The Kier molecular flexibility index (Phi) is 5.05. The molecule has 6 heteroatoms. The van der Waals surface area contributed by atoms with Crippen molar-refractivity contribution >= 4 is 5.91 Å². The fourth-order valence-corrected chi connectivity index (χ4v) is 2.46. The molecule has 1 amide bonds. The molecule has 3 nitrogen and oxygen atoms in total. The first-order valence-electron chi connectivity index (χ1n) is 7.07. The van der Waals surface area contributed by atoms with Gasteiger partial charge in [0.1, 0.15) is 6.04 Å². The monoisotopic (exact) mass is 322 g/mol. The summed E-state index contributed by atoms with van der Waals surface area (Å²) in [6.07, 6.45) is -4.46. The van der Waals surface area contributed by atoms with E-state index in [9.17, 15) is 18.0 Å². The maximum absolute atomic E-state index is 13.1. The maximum atomic E-state index is 13.1.